The molecule has 0 aliphatic heterocycles. The van der Waals surface area contributed by atoms with E-state index in [0.717, 1.165) is 0 Å². The van der Waals surface area contributed by atoms with Gasteiger partial charge in [0.05, 0.1) is 13.0 Å². The van der Waals surface area contributed by atoms with Gasteiger partial charge in [-0.2, -0.15) is 0 Å². The van der Waals surface area contributed by atoms with E-state index >= 15 is 0 Å². The van der Waals surface area contributed by atoms with E-state index < -0.39 is 11.9 Å². The highest BCUT2D eigenvalue weighted by Gasteiger charge is 2.22. The van der Waals surface area contributed by atoms with Crippen LogP contribution in [0, 0.1) is 0 Å². The second-order valence-corrected chi connectivity index (χ2v) is 2.93. The number of rotatable bonds is 4. The Kier molecular flexibility index (Phi) is 3.87. The number of anilines is 1. The average Bonchev–Trinajstić information content (AvgIpc) is 2.59. The van der Waals surface area contributed by atoms with E-state index in [1.54, 1.807) is 6.92 Å². The number of carbonyl (C=O) groups is 2. The molecule has 0 spiro atoms. The van der Waals surface area contributed by atoms with Gasteiger partial charge in [0.1, 0.15) is 11.3 Å². The predicted molar refractivity (Wildman–Crippen MR) is 54.6 cm³/mol. The van der Waals surface area contributed by atoms with Gasteiger partial charge in [-0.05, 0) is 6.92 Å². The fourth-order valence-corrected chi connectivity index (χ4v) is 1.18. The maximum Gasteiger partial charge on any atom is 0.312 e. The number of nitrogens with zero attached hydrogens (tertiary/aromatic N) is 1. The fraction of sp³-hybridized carbons (Fsp3) is 0.444. The molecule has 1 heterocycles. The standard InChI is InChI=1S/C9H13N3O4/c1-3-15-6(13)4-5-7(9(14)11-2)8(10)16-12-5/h3-4,10H2,1-2H3,(H,11,14). The Labute approximate surface area is 91.9 Å². The Morgan fingerprint density at radius 3 is 2.81 bits per heavy atom. The smallest absolute Gasteiger partial charge is 0.312 e. The van der Waals surface area contributed by atoms with Crippen molar-refractivity contribution in [2.24, 2.45) is 0 Å². The molecule has 0 radical (unpaired) electrons. The highest BCUT2D eigenvalue weighted by atomic mass is 16.5. The number of nitrogens with two attached hydrogens (primary N) is 1. The van der Waals surface area contributed by atoms with E-state index in [2.05, 4.69) is 15.0 Å². The molecule has 0 aromatic carbocycles. The van der Waals surface area contributed by atoms with Crippen LogP contribution in [0.1, 0.15) is 23.0 Å². The van der Waals surface area contributed by atoms with Gasteiger partial charge >= 0.3 is 5.97 Å². The lowest BCUT2D eigenvalue weighted by Gasteiger charge is -2.01. The summed E-state index contributed by atoms with van der Waals surface area (Å²) in [5.74, 6) is -1.04. The SMILES string of the molecule is CCOC(=O)Cc1noc(N)c1C(=O)NC. The zero-order chi connectivity index (χ0) is 12.1. The van der Waals surface area contributed by atoms with Crippen molar-refractivity contribution >= 4 is 17.8 Å². The summed E-state index contributed by atoms with van der Waals surface area (Å²) in [5.41, 5.74) is 5.68. The minimum Gasteiger partial charge on any atom is -0.466 e. The molecule has 0 saturated heterocycles. The quantitative estimate of drug-likeness (QED) is 0.685. The number of aromatic nitrogens is 1. The molecule has 3 N–H and O–H groups in total. The first kappa shape index (κ1) is 12.0. The first-order valence-corrected chi connectivity index (χ1v) is 4.71. The maximum atomic E-state index is 11.4. The molecule has 7 heteroatoms. The third-order valence-corrected chi connectivity index (χ3v) is 1.86. The number of ether oxygens (including phenoxy) is 1. The van der Waals surface area contributed by atoms with Gasteiger partial charge < -0.3 is 20.3 Å². The molecule has 0 fully saturated rings. The van der Waals surface area contributed by atoms with Gasteiger partial charge in [-0.1, -0.05) is 5.16 Å². The zero-order valence-electron chi connectivity index (χ0n) is 9.07. The van der Waals surface area contributed by atoms with Gasteiger partial charge in [-0.25, -0.2) is 0 Å². The van der Waals surface area contributed by atoms with Crippen molar-refractivity contribution in [1.82, 2.24) is 10.5 Å². The fourth-order valence-electron chi connectivity index (χ4n) is 1.18. The molecular formula is C9H13N3O4. The summed E-state index contributed by atoms with van der Waals surface area (Å²) >= 11 is 0. The summed E-state index contributed by atoms with van der Waals surface area (Å²) in [6.45, 7) is 1.95. The van der Waals surface area contributed by atoms with Crippen LogP contribution in [0.25, 0.3) is 0 Å². The summed E-state index contributed by atoms with van der Waals surface area (Å²) in [7, 11) is 1.45. The monoisotopic (exact) mass is 227 g/mol. The Hall–Kier alpha value is -2.05. The van der Waals surface area contributed by atoms with Crippen LogP contribution in [0.2, 0.25) is 0 Å². The molecule has 88 valence electrons. The molecule has 0 aliphatic carbocycles. The first-order valence-electron chi connectivity index (χ1n) is 4.71. The van der Waals surface area contributed by atoms with Gasteiger partial charge in [-0.3, -0.25) is 9.59 Å². The Morgan fingerprint density at radius 1 is 1.56 bits per heavy atom. The normalized spacial score (nSPS) is 9.88. The maximum absolute atomic E-state index is 11.4. The Bertz CT molecular complexity index is 399. The third kappa shape index (κ3) is 2.50. The number of hydrogen-bond acceptors (Lipinski definition) is 6. The van der Waals surface area contributed by atoms with Crippen LogP contribution in [0.5, 0.6) is 0 Å². The molecule has 1 rings (SSSR count). The van der Waals surface area contributed by atoms with Crippen molar-refractivity contribution in [2.45, 2.75) is 13.3 Å². The third-order valence-electron chi connectivity index (χ3n) is 1.86. The summed E-state index contributed by atoms with van der Waals surface area (Å²) < 4.78 is 9.39. The van der Waals surface area contributed by atoms with E-state index in [0.29, 0.717) is 0 Å². The molecule has 0 atom stereocenters. The molecule has 16 heavy (non-hydrogen) atoms. The second-order valence-electron chi connectivity index (χ2n) is 2.93. The number of amides is 1. The minimum atomic E-state index is -0.485. The molecule has 0 saturated carbocycles. The Morgan fingerprint density at radius 2 is 2.25 bits per heavy atom. The predicted octanol–water partition coefficient (Wildman–Crippen LogP) is -0.278. The van der Waals surface area contributed by atoms with E-state index in [1.807, 2.05) is 0 Å². The van der Waals surface area contributed by atoms with Crippen LogP contribution >= 0.6 is 0 Å². The zero-order valence-corrected chi connectivity index (χ0v) is 9.07. The van der Waals surface area contributed by atoms with E-state index in [-0.39, 0.29) is 30.2 Å². The van der Waals surface area contributed by atoms with Gasteiger partial charge in [0.15, 0.2) is 0 Å². The van der Waals surface area contributed by atoms with Crippen molar-refractivity contribution in [2.75, 3.05) is 19.4 Å². The van der Waals surface area contributed by atoms with Crippen molar-refractivity contribution in [3.63, 3.8) is 0 Å². The topological polar surface area (TPSA) is 107 Å². The van der Waals surface area contributed by atoms with E-state index in [1.165, 1.54) is 7.05 Å². The number of nitrogens with one attached hydrogen (secondary N) is 1. The van der Waals surface area contributed by atoms with Crippen LogP contribution in [0.3, 0.4) is 0 Å². The molecule has 0 bridgehead atoms. The lowest BCUT2D eigenvalue weighted by Crippen LogP contribution is -2.21. The molecule has 0 aliphatic rings. The van der Waals surface area contributed by atoms with Crippen LogP contribution < -0.4 is 11.1 Å². The van der Waals surface area contributed by atoms with Crippen molar-refractivity contribution in [3.8, 4) is 0 Å². The van der Waals surface area contributed by atoms with Crippen molar-refractivity contribution in [3.05, 3.63) is 11.3 Å². The highest BCUT2D eigenvalue weighted by molar-refractivity contribution is 5.99. The van der Waals surface area contributed by atoms with Gasteiger partial charge in [-0.15, -0.1) is 0 Å². The van der Waals surface area contributed by atoms with Crippen LogP contribution in [-0.2, 0) is 16.0 Å². The summed E-state index contributed by atoms with van der Waals surface area (Å²) in [4.78, 5) is 22.6. The Balaban J connectivity index is 2.88. The molecule has 1 amide bonds. The van der Waals surface area contributed by atoms with Gasteiger partial charge in [0.25, 0.3) is 5.91 Å². The largest absolute Gasteiger partial charge is 0.466 e. The van der Waals surface area contributed by atoms with Crippen molar-refractivity contribution < 1.29 is 18.8 Å². The molecular weight excluding hydrogens is 214 g/mol. The molecule has 1 aromatic rings. The molecule has 0 unspecified atom stereocenters. The van der Waals surface area contributed by atoms with E-state index in [4.69, 9.17) is 10.5 Å². The number of carbonyl (C=O) groups excluding carboxylic acids is 2. The van der Waals surface area contributed by atoms with Crippen molar-refractivity contribution in [1.29, 1.82) is 0 Å². The van der Waals surface area contributed by atoms with Crippen LogP contribution in [-0.4, -0.2) is 30.7 Å². The van der Waals surface area contributed by atoms with Crippen LogP contribution in [0.15, 0.2) is 4.52 Å². The highest BCUT2D eigenvalue weighted by Crippen LogP contribution is 2.16. The summed E-state index contributed by atoms with van der Waals surface area (Å²) in [6, 6.07) is 0. The lowest BCUT2D eigenvalue weighted by atomic mass is 10.1. The summed E-state index contributed by atoms with van der Waals surface area (Å²) in [6.07, 6.45) is -0.142. The van der Waals surface area contributed by atoms with E-state index in [9.17, 15) is 9.59 Å². The molecule has 7 nitrogen and oxygen atoms in total. The molecule has 1 aromatic heterocycles. The first-order chi connectivity index (χ1) is 7.60. The number of esters is 1. The number of nitrogen functional groups attached to an aromatic ring is 1. The number of hydrogen-bond donors (Lipinski definition) is 2. The lowest BCUT2D eigenvalue weighted by molar-refractivity contribution is -0.142. The van der Waals surface area contributed by atoms with Gasteiger partial charge in [0, 0.05) is 7.05 Å². The minimum absolute atomic E-state index is 0.0792. The second kappa shape index (κ2) is 5.15. The average molecular weight is 227 g/mol. The van der Waals surface area contributed by atoms with Crippen LogP contribution in [0.4, 0.5) is 5.88 Å². The van der Waals surface area contributed by atoms with Gasteiger partial charge in [0.2, 0.25) is 5.88 Å². The summed E-state index contributed by atoms with van der Waals surface area (Å²) in [5, 5.41) is 5.93.